The Morgan fingerprint density at radius 1 is 1.14 bits per heavy atom. The van der Waals surface area contributed by atoms with E-state index < -0.39 is 0 Å². The first-order chi connectivity index (χ1) is 13.8. The number of piperidine rings is 2. The largest absolute Gasteiger partial charge is 0.339 e. The van der Waals surface area contributed by atoms with Gasteiger partial charge in [-0.2, -0.15) is 0 Å². The molecule has 0 spiro atoms. The number of hydrogen-bond acceptors (Lipinski definition) is 2. The molecule has 0 aromatic heterocycles. The molecule has 2 saturated heterocycles. The topological polar surface area (TPSA) is 49.4 Å². The van der Waals surface area contributed by atoms with Crippen molar-refractivity contribution in [1.29, 1.82) is 0 Å². The summed E-state index contributed by atoms with van der Waals surface area (Å²) >= 11 is 2.49. The second kappa shape index (κ2) is 7.10. The molecule has 1 N–H and O–H groups in total. The number of nitrogens with one attached hydrogen (secondary N) is 1. The van der Waals surface area contributed by atoms with Crippen LogP contribution in [0.1, 0.15) is 71.6 Å². The molecule has 29 heavy (non-hydrogen) atoms. The Morgan fingerprint density at radius 3 is 2.66 bits per heavy atom. The van der Waals surface area contributed by atoms with E-state index in [2.05, 4.69) is 52.7 Å². The highest BCUT2D eigenvalue weighted by Crippen LogP contribution is 2.65. The van der Waals surface area contributed by atoms with Gasteiger partial charge in [-0.3, -0.25) is 9.59 Å². The quantitative estimate of drug-likeness (QED) is 0.510. The minimum Gasteiger partial charge on any atom is -0.339 e. The number of likely N-dealkylation sites (tertiary alicyclic amines) is 1. The van der Waals surface area contributed by atoms with Gasteiger partial charge in [-0.25, -0.2) is 0 Å². The average Bonchev–Trinajstić information content (AvgIpc) is 3.07. The highest BCUT2D eigenvalue weighted by atomic mass is 127. The van der Waals surface area contributed by atoms with Gasteiger partial charge < -0.3 is 10.2 Å². The maximum Gasteiger partial charge on any atom is 0.250 e. The molecule has 3 aliphatic carbocycles. The van der Waals surface area contributed by atoms with Gasteiger partial charge in [-0.1, -0.05) is 19.9 Å². The molecule has 5 atom stereocenters. The SMILES string of the molecule is C[C@]12CCC(=O)NC1=C(I)C[C@@H]1[C@@H]2CC[C@]2(C)C(C(=O)N3CCCCC3)=CC[C@@H]12. The zero-order valence-corrected chi connectivity index (χ0v) is 19.9. The van der Waals surface area contributed by atoms with Crippen LogP contribution >= 0.6 is 22.6 Å². The molecule has 0 unspecified atom stereocenters. The minimum atomic E-state index is 0.0262. The summed E-state index contributed by atoms with van der Waals surface area (Å²) in [6, 6.07) is 0. The fourth-order valence-electron chi connectivity index (χ4n) is 7.43. The lowest BCUT2D eigenvalue weighted by atomic mass is 9.49. The number of carbonyl (C=O) groups excluding carboxylic acids is 2. The normalized spacial score (nSPS) is 41.9. The Hall–Kier alpha value is -0.850. The van der Waals surface area contributed by atoms with Gasteiger partial charge in [0.25, 0.3) is 0 Å². The molecule has 5 aliphatic rings. The second-order valence-electron chi connectivity index (χ2n) is 10.5. The van der Waals surface area contributed by atoms with E-state index in [9.17, 15) is 9.59 Å². The summed E-state index contributed by atoms with van der Waals surface area (Å²) in [6.45, 7) is 6.64. The van der Waals surface area contributed by atoms with Crippen molar-refractivity contribution in [3.05, 3.63) is 20.9 Å². The molecule has 1 saturated carbocycles. The van der Waals surface area contributed by atoms with E-state index in [1.807, 2.05) is 0 Å². The molecular formula is C24H33IN2O2. The molecule has 0 radical (unpaired) electrons. The third-order valence-electron chi connectivity index (χ3n) is 9.10. The highest BCUT2D eigenvalue weighted by Gasteiger charge is 2.59. The fourth-order valence-corrected chi connectivity index (χ4v) is 8.69. The summed E-state index contributed by atoms with van der Waals surface area (Å²) in [4.78, 5) is 27.6. The first-order valence-corrected chi connectivity index (χ1v) is 12.6. The van der Waals surface area contributed by atoms with Gasteiger partial charge in [0.15, 0.2) is 0 Å². The summed E-state index contributed by atoms with van der Waals surface area (Å²) in [5.74, 6) is 2.30. The van der Waals surface area contributed by atoms with E-state index in [-0.39, 0.29) is 16.7 Å². The number of carbonyl (C=O) groups is 2. The van der Waals surface area contributed by atoms with Crippen LogP contribution in [0.2, 0.25) is 0 Å². The van der Waals surface area contributed by atoms with Crippen LogP contribution in [-0.2, 0) is 9.59 Å². The van der Waals surface area contributed by atoms with Crippen molar-refractivity contribution in [2.24, 2.45) is 28.6 Å². The molecule has 2 heterocycles. The van der Waals surface area contributed by atoms with Crippen LogP contribution < -0.4 is 5.32 Å². The van der Waals surface area contributed by atoms with Crippen molar-refractivity contribution < 1.29 is 9.59 Å². The molecule has 2 amide bonds. The molecular weight excluding hydrogens is 475 g/mol. The monoisotopic (exact) mass is 508 g/mol. The van der Waals surface area contributed by atoms with E-state index in [0.29, 0.717) is 30.1 Å². The van der Waals surface area contributed by atoms with E-state index in [4.69, 9.17) is 0 Å². The zero-order chi connectivity index (χ0) is 20.4. The first-order valence-electron chi connectivity index (χ1n) is 11.5. The molecule has 0 aromatic carbocycles. The summed E-state index contributed by atoms with van der Waals surface area (Å²) in [5.41, 5.74) is 2.46. The number of nitrogens with zero attached hydrogens (tertiary/aromatic N) is 1. The third kappa shape index (κ3) is 2.96. The van der Waals surface area contributed by atoms with Crippen molar-refractivity contribution in [2.75, 3.05) is 13.1 Å². The average molecular weight is 508 g/mol. The van der Waals surface area contributed by atoms with Crippen molar-refractivity contribution in [3.8, 4) is 0 Å². The lowest BCUT2D eigenvalue weighted by Crippen LogP contribution is -2.54. The first kappa shape index (κ1) is 20.1. The predicted octanol–water partition coefficient (Wildman–Crippen LogP) is 4.94. The Morgan fingerprint density at radius 2 is 1.90 bits per heavy atom. The molecule has 5 heteroatoms. The Bertz CT molecular complexity index is 812. The highest BCUT2D eigenvalue weighted by molar-refractivity contribution is 14.1. The summed E-state index contributed by atoms with van der Waals surface area (Å²) in [7, 11) is 0. The van der Waals surface area contributed by atoms with E-state index in [1.165, 1.54) is 22.1 Å². The third-order valence-corrected chi connectivity index (χ3v) is 10.1. The van der Waals surface area contributed by atoms with Gasteiger partial charge in [0.05, 0.1) is 0 Å². The lowest BCUT2D eigenvalue weighted by molar-refractivity contribution is -0.131. The summed E-state index contributed by atoms with van der Waals surface area (Å²) < 4.78 is 1.35. The van der Waals surface area contributed by atoms with Gasteiger partial charge in [-0.15, -0.1) is 0 Å². The van der Waals surface area contributed by atoms with Gasteiger partial charge in [-0.05, 0) is 91.7 Å². The number of rotatable bonds is 1. The van der Waals surface area contributed by atoms with Crippen LogP contribution in [0.4, 0.5) is 0 Å². The molecule has 2 aliphatic heterocycles. The lowest BCUT2D eigenvalue weighted by Gasteiger charge is -2.57. The molecule has 4 nitrogen and oxygen atoms in total. The maximum absolute atomic E-state index is 13.4. The standard InChI is InChI=1S/C24H33IN2O2/c1-23-10-8-17-15(14-19(25)21-24(17,2)11-9-20(28)26-21)16(23)6-7-18(23)22(29)27-12-4-3-5-13-27/h7,15-17H,3-6,8-14H2,1-2H3,(H,26,28)/t15-,16-,17-,23-,24+/m0/s1. The molecule has 5 rings (SSSR count). The number of fused-ring (bicyclic) bond motifs is 5. The van der Waals surface area contributed by atoms with Crippen LogP contribution in [0.25, 0.3) is 0 Å². The van der Waals surface area contributed by atoms with Crippen molar-refractivity contribution in [2.45, 2.75) is 71.6 Å². The van der Waals surface area contributed by atoms with E-state index >= 15 is 0 Å². The number of hydrogen-bond donors (Lipinski definition) is 1. The minimum absolute atomic E-state index is 0.0262. The molecule has 3 fully saturated rings. The van der Waals surface area contributed by atoms with Gasteiger partial charge in [0, 0.05) is 45.2 Å². The summed E-state index contributed by atoms with van der Waals surface area (Å²) in [5, 5.41) is 3.24. The van der Waals surface area contributed by atoms with Crippen LogP contribution in [0.5, 0.6) is 0 Å². The Balaban J connectivity index is 1.43. The number of allylic oxidation sites excluding steroid dienone is 3. The predicted molar refractivity (Wildman–Crippen MR) is 122 cm³/mol. The Kier molecular flexibility index (Phi) is 4.91. The van der Waals surface area contributed by atoms with Gasteiger partial charge in [0.1, 0.15) is 0 Å². The fraction of sp³-hybridized carbons (Fsp3) is 0.750. The molecule has 158 valence electrons. The van der Waals surface area contributed by atoms with Crippen molar-refractivity contribution >= 4 is 34.4 Å². The zero-order valence-electron chi connectivity index (χ0n) is 17.7. The number of halogens is 1. The van der Waals surface area contributed by atoms with Crippen molar-refractivity contribution in [1.82, 2.24) is 10.2 Å². The Labute approximate surface area is 188 Å². The summed E-state index contributed by atoms with van der Waals surface area (Å²) in [6.07, 6.45) is 11.9. The van der Waals surface area contributed by atoms with Crippen LogP contribution in [0, 0.1) is 28.6 Å². The maximum atomic E-state index is 13.4. The molecule has 0 aromatic rings. The second-order valence-corrected chi connectivity index (χ2v) is 11.8. The van der Waals surface area contributed by atoms with Crippen LogP contribution in [0.3, 0.4) is 0 Å². The van der Waals surface area contributed by atoms with Gasteiger partial charge >= 0.3 is 0 Å². The van der Waals surface area contributed by atoms with Crippen LogP contribution in [-0.4, -0.2) is 29.8 Å². The van der Waals surface area contributed by atoms with Gasteiger partial charge in [0.2, 0.25) is 11.8 Å². The van der Waals surface area contributed by atoms with Crippen LogP contribution in [0.15, 0.2) is 20.9 Å². The van der Waals surface area contributed by atoms with Crippen molar-refractivity contribution in [3.63, 3.8) is 0 Å². The van der Waals surface area contributed by atoms with E-state index in [0.717, 1.165) is 57.2 Å². The smallest absolute Gasteiger partial charge is 0.250 e. The number of amides is 2. The van der Waals surface area contributed by atoms with E-state index in [1.54, 1.807) is 0 Å². The molecule has 0 bridgehead atoms.